The van der Waals surface area contributed by atoms with Gasteiger partial charge >= 0.3 is 0 Å². The van der Waals surface area contributed by atoms with Crippen LogP contribution in [0.15, 0.2) is 0 Å². The topological polar surface area (TPSA) is 24.5 Å². The summed E-state index contributed by atoms with van der Waals surface area (Å²) in [5.41, 5.74) is 0.526. The van der Waals surface area contributed by atoms with Gasteiger partial charge in [0, 0.05) is 37.2 Å². The number of nitrogens with one attached hydrogen (secondary N) is 1. The fraction of sp³-hybridized carbons (Fsp3) is 1.00. The van der Waals surface area contributed by atoms with Crippen LogP contribution in [-0.4, -0.2) is 49.8 Å². The second-order valence-electron chi connectivity index (χ2n) is 7.89. The van der Waals surface area contributed by atoms with E-state index in [9.17, 15) is 0 Å². The highest BCUT2D eigenvalue weighted by Gasteiger charge is 2.36. The molecule has 1 N–H and O–H groups in total. The van der Waals surface area contributed by atoms with E-state index in [1.54, 1.807) is 0 Å². The van der Waals surface area contributed by atoms with E-state index in [4.69, 9.17) is 4.74 Å². The van der Waals surface area contributed by atoms with Crippen molar-refractivity contribution in [3.8, 4) is 0 Å². The summed E-state index contributed by atoms with van der Waals surface area (Å²) in [7, 11) is 0. The van der Waals surface area contributed by atoms with Crippen LogP contribution in [0.1, 0.15) is 47.0 Å². The van der Waals surface area contributed by atoms with Gasteiger partial charge in [-0.25, -0.2) is 0 Å². The highest BCUT2D eigenvalue weighted by Crippen LogP contribution is 2.31. The quantitative estimate of drug-likeness (QED) is 0.848. The van der Waals surface area contributed by atoms with Crippen LogP contribution in [0.3, 0.4) is 0 Å². The average Bonchev–Trinajstić information content (AvgIpc) is 2.73. The first-order chi connectivity index (χ1) is 8.89. The Bertz CT molecular complexity index is 279. The van der Waals surface area contributed by atoms with Crippen molar-refractivity contribution in [3.05, 3.63) is 0 Å². The van der Waals surface area contributed by atoms with Gasteiger partial charge in [0.05, 0.1) is 6.61 Å². The SMILES string of the molecule is CC1CCN(CC2(CNC(C)(C)C)CCCOC2)C1. The van der Waals surface area contributed by atoms with Gasteiger partial charge in [-0.2, -0.15) is 0 Å². The molecule has 2 fully saturated rings. The molecule has 0 saturated carbocycles. The molecule has 0 aromatic carbocycles. The van der Waals surface area contributed by atoms with Gasteiger partial charge in [0.1, 0.15) is 0 Å². The van der Waals surface area contributed by atoms with Crippen molar-refractivity contribution in [3.63, 3.8) is 0 Å². The lowest BCUT2D eigenvalue weighted by Gasteiger charge is -2.41. The lowest BCUT2D eigenvalue weighted by atomic mass is 9.81. The van der Waals surface area contributed by atoms with Gasteiger partial charge in [-0.1, -0.05) is 6.92 Å². The minimum absolute atomic E-state index is 0.197. The third-order valence-corrected chi connectivity index (χ3v) is 4.46. The summed E-state index contributed by atoms with van der Waals surface area (Å²) in [5.74, 6) is 0.872. The second-order valence-corrected chi connectivity index (χ2v) is 7.89. The molecule has 2 atom stereocenters. The molecule has 2 unspecified atom stereocenters. The van der Waals surface area contributed by atoms with Crippen molar-refractivity contribution < 1.29 is 4.74 Å². The first-order valence-corrected chi connectivity index (χ1v) is 7.94. The van der Waals surface area contributed by atoms with Gasteiger partial charge in [-0.15, -0.1) is 0 Å². The van der Waals surface area contributed by atoms with Crippen LogP contribution in [0.4, 0.5) is 0 Å². The summed E-state index contributed by atoms with van der Waals surface area (Å²) >= 11 is 0. The van der Waals surface area contributed by atoms with Crippen molar-refractivity contribution in [2.24, 2.45) is 11.3 Å². The van der Waals surface area contributed by atoms with E-state index in [1.165, 1.54) is 38.9 Å². The van der Waals surface area contributed by atoms with Gasteiger partial charge in [-0.05, 0) is 52.5 Å². The molecule has 3 heteroatoms. The minimum atomic E-state index is 0.197. The average molecular weight is 268 g/mol. The summed E-state index contributed by atoms with van der Waals surface area (Å²) in [6, 6.07) is 0. The van der Waals surface area contributed by atoms with Crippen molar-refractivity contribution in [2.75, 3.05) is 39.4 Å². The number of ether oxygens (including phenoxy) is 1. The van der Waals surface area contributed by atoms with Gasteiger partial charge in [-0.3, -0.25) is 0 Å². The first kappa shape index (κ1) is 15.3. The molecule has 2 saturated heterocycles. The molecular formula is C16H32N2O. The maximum Gasteiger partial charge on any atom is 0.0546 e. The number of hydrogen-bond acceptors (Lipinski definition) is 3. The van der Waals surface area contributed by atoms with Gasteiger partial charge in [0.25, 0.3) is 0 Å². The molecule has 0 aliphatic carbocycles. The summed E-state index contributed by atoms with van der Waals surface area (Å²) in [6.07, 6.45) is 3.89. The fourth-order valence-electron chi connectivity index (χ4n) is 3.33. The van der Waals surface area contributed by atoms with Crippen LogP contribution < -0.4 is 5.32 Å². The number of rotatable bonds is 4. The van der Waals surface area contributed by atoms with E-state index >= 15 is 0 Å². The van der Waals surface area contributed by atoms with Gasteiger partial charge in [0.2, 0.25) is 0 Å². The molecule has 2 aliphatic heterocycles. The molecule has 0 aromatic heterocycles. The monoisotopic (exact) mass is 268 g/mol. The molecule has 0 spiro atoms. The van der Waals surface area contributed by atoms with E-state index in [-0.39, 0.29) is 5.54 Å². The Hall–Kier alpha value is -0.120. The maximum absolute atomic E-state index is 5.82. The van der Waals surface area contributed by atoms with Crippen LogP contribution >= 0.6 is 0 Å². The highest BCUT2D eigenvalue weighted by atomic mass is 16.5. The predicted octanol–water partition coefficient (Wildman–Crippen LogP) is 2.51. The Morgan fingerprint density at radius 1 is 1.37 bits per heavy atom. The van der Waals surface area contributed by atoms with E-state index in [2.05, 4.69) is 37.9 Å². The Morgan fingerprint density at radius 3 is 2.68 bits per heavy atom. The van der Waals surface area contributed by atoms with E-state index in [1.807, 2.05) is 0 Å². The van der Waals surface area contributed by atoms with Crippen LogP contribution in [0.25, 0.3) is 0 Å². The van der Waals surface area contributed by atoms with Crippen molar-refractivity contribution in [1.29, 1.82) is 0 Å². The van der Waals surface area contributed by atoms with Crippen molar-refractivity contribution in [1.82, 2.24) is 10.2 Å². The van der Waals surface area contributed by atoms with Gasteiger partial charge in [0.15, 0.2) is 0 Å². The van der Waals surface area contributed by atoms with Crippen LogP contribution in [-0.2, 0) is 4.74 Å². The normalized spacial score (nSPS) is 33.8. The third kappa shape index (κ3) is 4.73. The molecule has 19 heavy (non-hydrogen) atoms. The Labute approximate surface area is 119 Å². The molecule has 0 amide bonds. The number of nitrogens with zero attached hydrogens (tertiary/aromatic N) is 1. The molecule has 112 valence electrons. The van der Waals surface area contributed by atoms with Crippen molar-refractivity contribution >= 4 is 0 Å². The smallest absolute Gasteiger partial charge is 0.0546 e. The zero-order valence-electron chi connectivity index (χ0n) is 13.3. The molecule has 2 aliphatic rings. The highest BCUT2D eigenvalue weighted by molar-refractivity contribution is 4.91. The summed E-state index contributed by atoms with van der Waals surface area (Å²) in [6.45, 7) is 15.9. The molecule has 2 rings (SSSR count). The summed E-state index contributed by atoms with van der Waals surface area (Å²) in [5, 5.41) is 3.71. The van der Waals surface area contributed by atoms with E-state index in [0.29, 0.717) is 5.41 Å². The first-order valence-electron chi connectivity index (χ1n) is 7.94. The molecule has 0 bridgehead atoms. The number of hydrogen-bond donors (Lipinski definition) is 1. The van der Waals surface area contributed by atoms with E-state index < -0.39 is 0 Å². The molecule has 2 heterocycles. The Kier molecular flexibility index (Phi) is 4.91. The van der Waals surface area contributed by atoms with Gasteiger partial charge < -0.3 is 15.0 Å². The zero-order chi connectivity index (χ0) is 13.9. The standard InChI is InChI=1S/C16H32N2O/c1-14-6-8-18(10-14)12-16(7-5-9-19-13-16)11-17-15(2,3)4/h14,17H,5-13H2,1-4H3. The molecular weight excluding hydrogens is 236 g/mol. The summed E-state index contributed by atoms with van der Waals surface area (Å²) in [4.78, 5) is 2.66. The lowest BCUT2D eigenvalue weighted by molar-refractivity contribution is -0.0260. The van der Waals surface area contributed by atoms with E-state index in [0.717, 1.165) is 25.7 Å². The fourth-order valence-corrected chi connectivity index (χ4v) is 3.33. The zero-order valence-corrected chi connectivity index (χ0v) is 13.3. The van der Waals surface area contributed by atoms with Crippen molar-refractivity contribution in [2.45, 2.75) is 52.5 Å². The van der Waals surface area contributed by atoms with Crippen LogP contribution in [0.2, 0.25) is 0 Å². The Balaban J connectivity index is 1.93. The van der Waals surface area contributed by atoms with Crippen LogP contribution in [0.5, 0.6) is 0 Å². The second kappa shape index (κ2) is 6.11. The maximum atomic E-state index is 5.82. The molecule has 0 aromatic rings. The minimum Gasteiger partial charge on any atom is -0.381 e. The lowest BCUT2D eigenvalue weighted by Crippen LogP contribution is -2.52. The largest absolute Gasteiger partial charge is 0.381 e. The summed E-state index contributed by atoms with van der Waals surface area (Å²) < 4.78 is 5.82. The molecule has 0 radical (unpaired) electrons. The Morgan fingerprint density at radius 2 is 2.16 bits per heavy atom. The third-order valence-electron chi connectivity index (χ3n) is 4.46. The van der Waals surface area contributed by atoms with Crippen LogP contribution in [0, 0.1) is 11.3 Å². The number of likely N-dealkylation sites (tertiary alicyclic amines) is 1. The predicted molar refractivity (Wildman–Crippen MR) is 80.5 cm³/mol. The molecule has 3 nitrogen and oxygen atoms in total.